The van der Waals surface area contributed by atoms with Crippen LogP contribution in [0.4, 0.5) is 0 Å². The molecular formula is C14H12O8. The molecule has 1 heterocycles. The minimum Gasteiger partial charge on any atom is -0.449 e. The van der Waals surface area contributed by atoms with Crippen LogP contribution < -0.4 is 9.47 Å². The van der Waals surface area contributed by atoms with Crippen molar-refractivity contribution in [1.82, 2.24) is 0 Å². The van der Waals surface area contributed by atoms with Crippen molar-refractivity contribution in [1.29, 1.82) is 0 Å². The second-order valence-electron chi connectivity index (χ2n) is 4.74. The van der Waals surface area contributed by atoms with Gasteiger partial charge in [-0.05, 0) is 24.3 Å². The number of fused-ring (bicyclic) bond motifs is 2. The zero-order chi connectivity index (χ0) is 16.1. The Bertz CT molecular complexity index is 665. The van der Waals surface area contributed by atoms with Crippen LogP contribution in [0.1, 0.15) is 11.1 Å². The molecule has 0 bridgehead atoms. The summed E-state index contributed by atoms with van der Waals surface area (Å²) in [5, 5.41) is 56.1. The molecule has 8 nitrogen and oxygen atoms in total. The van der Waals surface area contributed by atoms with Crippen LogP contribution in [0.3, 0.4) is 0 Å². The van der Waals surface area contributed by atoms with E-state index in [1.807, 2.05) is 0 Å². The fourth-order valence-corrected chi connectivity index (χ4v) is 2.15. The van der Waals surface area contributed by atoms with Crippen LogP contribution in [0, 0.1) is 0 Å². The Balaban J connectivity index is 2.17. The van der Waals surface area contributed by atoms with Gasteiger partial charge in [-0.3, -0.25) is 0 Å². The van der Waals surface area contributed by atoms with Crippen molar-refractivity contribution in [3.05, 3.63) is 47.5 Å². The molecule has 2 aromatic rings. The van der Waals surface area contributed by atoms with Crippen LogP contribution in [0.5, 0.6) is 23.0 Å². The Hall–Kier alpha value is -2.20. The lowest BCUT2D eigenvalue weighted by molar-refractivity contribution is -0.324. The van der Waals surface area contributed by atoms with E-state index >= 15 is 0 Å². The van der Waals surface area contributed by atoms with E-state index in [9.17, 15) is 30.6 Å². The highest BCUT2D eigenvalue weighted by atomic mass is 16.7. The molecule has 22 heavy (non-hydrogen) atoms. The average molecular weight is 308 g/mol. The molecule has 116 valence electrons. The van der Waals surface area contributed by atoms with E-state index < -0.39 is 23.1 Å². The predicted molar refractivity (Wildman–Crippen MR) is 69.7 cm³/mol. The number of hydrogen-bond acceptors (Lipinski definition) is 8. The predicted octanol–water partition coefficient (Wildman–Crippen LogP) is -0.241. The average Bonchev–Trinajstić information content (AvgIpc) is 2.41. The summed E-state index contributed by atoms with van der Waals surface area (Å²) in [7, 11) is 0. The third-order valence-corrected chi connectivity index (χ3v) is 3.10. The van der Waals surface area contributed by atoms with Crippen LogP contribution in [0.15, 0.2) is 36.4 Å². The maximum Gasteiger partial charge on any atom is 0.308 e. The van der Waals surface area contributed by atoms with Gasteiger partial charge in [-0.25, -0.2) is 0 Å². The first-order valence-corrected chi connectivity index (χ1v) is 6.15. The monoisotopic (exact) mass is 308 g/mol. The summed E-state index contributed by atoms with van der Waals surface area (Å²) < 4.78 is 10.9. The summed E-state index contributed by atoms with van der Waals surface area (Å²) >= 11 is 0. The lowest BCUT2D eigenvalue weighted by Crippen LogP contribution is -2.27. The normalized spacial score (nSPS) is 13.7. The molecule has 0 saturated carbocycles. The van der Waals surface area contributed by atoms with Crippen molar-refractivity contribution in [3.63, 3.8) is 0 Å². The van der Waals surface area contributed by atoms with Crippen molar-refractivity contribution >= 4 is 0 Å². The highest BCUT2D eigenvalue weighted by Gasteiger charge is 2.36. The number of para-hydroxylation sites is 2. The summed E-state index contributed by atoms with van der Waals surface area (Å²) in [4.78, 5) is 0. The van der Waals surface area contributed by atoms with Crippen molar-refractivity contribution in [2.75, 3.05) is 0 Å². The number of hydrogen-bond donors (Lipinski definition) is 6. The maximum atomic E-state index is 9.35. The van der Waals surface area contributed by atoms with Crippen LogP contribution in [-0.4, -0.2) is 30.6 Å². The van der Waals surface area contributed by atoms with Crippen molar-refractivity contribution in [2.45, 2.75) is 11.9 Å². The van der Waals surface area contributed by atoms with Crippen LogP contribution in [0.2, 0.25) is 0 Å². The van der Waals surface area contributed by atoms with Gasteiger partial charge in [0.25, 0.3) is 0 Å². The van der Waals surface area contributed by atoms with E-state index in [1.165, 1.54) is 36.4 Å². The molecule has 0 atom stereocenters. The van der Waals surface area contributed by atoms with Crippen LogP contribution in [-0.2, 0) is 11.9 Å². The molecule has 0 aromatic heterocycles. The SMILES string of the molecule is OC(O)(O)c1cccc2c1Oc1c(cccc1C(O)(O)O)O2. The van der Waals surface area contributed by atoms with Gasteiger partial charge in [0.15, 0.2) is 23.0 Å². The molecule has 1 aliphatic rings. The number of aliphatic hydroxyl groups is 6. The molecule has 8 heteroatoms. The molecule has 0 unspecified atom stereocenters. The quantitative estimate of drug-likeness (QED) is 0.356. The zero-order valence-electron chi connectivity index (χ0n) is 11.0. The van der Waals surface area contributed by atoms with Gasteiger partial charge < -0.3 is 40.1 Å². The summed E-state index contributed by atoms with van der Waals surface area (Å²) in [6.07, 6.45) is 0. The lowest BCUT2D eigenvalue weighted by atomic mass is 10.1. The van der Waals surface area contributed by atoms with Crippen LogP contribution in [0.25, 0.3) is 0 Å². The summed E-state index contributed by atoms with van der Waals surface area (Å²) in [6, 6.07) is 8.06. The summed E-state index contributed by atoms with van der Waals surface area (Å²) in [5.74, 6) is -6.70. The fourth-order valence-electron chi connectivity index (χ4n) is 2.15. The highest BCUT2D eigenvalue weighted by molar-refractivity contribution is 5.60. The third kappa shape index (κ3) is 2.40. The van der Waals surface area contributed by atoms with E-state index in [4.69, 9.17) is 9.47 Å². The molecule has 0 radical (unpaired) electrons. The minimum atomic E-state index is -3.18. The smallest absolute Gasteiger partial charge is 0.308 e. The Morgan fingerprint density at radius 3 is 1.36 bits per heavy atom. The first kappa shape index (κ1) is 14.7. The molecule has 0 fully saturated rings. The molecule has 0 aliphatic carbocycles. The standard InChI is InChI=1S/C14H12O8/c15-13(16,17)7-3-1-5-9-11(7)22-12-8(14(18,19)20)4-2-6-10(12)21-9/h1-6,15-20H. The summed E-state index contributed by atoms with van der Waals surface area (Å²) in [6.45, 7) is 0. The Morgan fingerprint density at radius 2 is 1.00 bits per heavy atom. The van der Waals surface area contributed by atoms with E-state index in [0.29, 0.717) is 0 Å². The van der Waals surface area contributed by atoms with Gasteiger partial charge in [0.1, 0.15) is 0 Å². The number of rotatable bonds is 2. The van der Waals surface area contributed by atoms with Gasteiger partial charge in [0.2, 0.25) is 0 Å². The Morgan fingerprint density at radius 1 is 0.591 bits per heavy atom. The topological polar surface area (TPSA) is 140 Å². The van der Waals surface area contributed by atoms with Crippen molar-refractivity contribution in [2.24, 2.45) is 0 Å². The van der Waals surface area contributed by atoms with Crippen LogP contribution >= 0.6 is 0 Å². The van der Waals surface area contributed by atoms with Gasteiger partial charge in [0, 0.05) is 0 Å². The first-order valence-electron chi connectivity index (χ1n) is 6.15. The molecule has 0 saturated heterocycles. The fraction of sp³-hybridized carbons (Fsp3) is 0.143. The first-order chi connectivity index (χ1) is 10.2. The second-order valence-corrected chi connectivity index (χ2v) is 4.74. The second kappa shape index (κ2) is 4.65. The van der Waals surface area contributed by atoms with Gasteiger partial charge in [0.05, 0.1) is 11.1 Å². The molecule has 3 rings (SSSR count). The third-order valence-electron chi connectivity index (χ3n) is 3.10. The largest absolute Gasteiger partial charge is 0.449 e. The molecular weight excluding hydrogens is 296 g/mol. The zero-order valence-corrected chi connectivity index (χ0v) is 11.0. The van der Waals surface area contributed by atoms with E-state index in [2.05, 4.69) is 0 Å². The Labute approximate surface area is 123 Å². The van der Waals surface area contributed by atoms with Crippen molar-refractivity contribution in [3.8, 4) is 23.0 Å². The number of benzene rings is 2. The van der Waals surface area contributed by atoms with Gasteiger partial charge in [-0.1, -0.05) is 12.1 Å². The Kier molecular flexibility index (Phi) is 3.11. The van der Waals surface area contributed by atoms with E-state index in [-0.39, 0.29) is 23.0 Å². The minimum absolute atomic E-state index is 0.0723. The van der Waals surface area contributed by atoms with E-state index in [0.717, 1.165) is 0 Å². The molecule has 6 N–H and O–H groups in total. The molecule has 0 spiro atoms. The maximum absolute atomic E-state index is 9.35. The van der Waals surface area contributed by atoms with Gasteiger partial charge in [-0.2, -0.15) is 0 Å². The van der Waals surface area contributed by atoms with Gasteiger partial charge >= 0.3 is 11.9 Å². The van der Waals surface area contributed by atoms with Crippen molar-refractivity contribution < 1.29 is 40.1 Å². The van der Waals surface area contributed by atoms with E-state index in [1.54, 1.807) is 0 Å². The summed E-state index contributed by atoms with van der Waals surface area (Å²) in [5.41, 5.74) is -0.824. The lowest BCUT2D eigenvalue weighted by Gasteiger charge is -2.28. The molecule has 1 aliphatic heterocycles. The molecule has 0 amide bonds. The van der Waals surface area contributed by atoms with Gasteiger partial charge in [-0.15, -0.1) is 0 Å². The highest BCUT2D eigenvalue weighted by Crippen LogP contribution is 2.50. The molecule has 2 aromatic carbocycles. The number of ether oxygens (including phenoxy) is 2.